The molecule has 0 aliphatic heterocycles. The van der Waals surface area contributed by atoms with Gasteiger partial charge in [0.05, 0.1) is 6.42 Å². The Bertz CT molecular complexity index is 833. The molecule has 0 heterocycles. The van der Waals surface area contributed by atoms with Crippen molar-refractivity contribution >= 4 is 16.7 Å². The van der Waals surface area contributed by atoms with E-state index in [1.165, 1.54) is 21.9 Å². The van der Waals surface area contributed by atoms with Gasteiger partial charge in [-0.25, -0.2) is 0 Å². The van der Waals surface area contributed by atoms with E-state index < -0.39 is 0 Å². The zero-order valence-electron chi connectivity index (χ0n) is 13.6. The van der Waals surface area contributed by atoms with Gasteiger partial charge in [0.1, 0.15) is 0 Å². The number of nitrogens with zero attached hydrogens (tertiary/aromatic N) is 1. The maximum Gasteiger partial charge on any atom is 0.227 e. The van der Waals surface area contributed by atoms with Crippen molar-refractivity contribution in [1.29, 1.82) is 0 Å². The summed E-state index contributed by atoms with van der Waals surface area (Å²) in [6, 6.07) is 22.6. The first-order valence-corrected chi connectivity index (χ1v) is 7.90. The highest BCUT2D eigenvalue weighted by molar-refractivity contribution is 5.86. The SMILES string of the molecule is Cc1ccccc1CC(=O)N(C)Cc1cccc2ccccc12. The predicted octanol–water partition coefficient (Wildman–Crippen LogP) is 4.35. The molecule has 0 aliphatic rings. The van der Waals surface area contributed by atoms with E-state index in [1.807, 2.05) is 55.3 Å². The number of hydrogen-bond acceptors (Lipinski definition) is 1. The van der Waals surface area contributed by atoms with Crippen LogP contribution in [-0.2, 0) is 17.8 Å². The highest BCUT2D eigenvalue weighted by atomic mass is 16.2. The summed E-state index contributed by atoms with van der Waals surface area (Å²) in [6.45, 7) is 2.68. The minimum absolute atomic E-state index is 0.146. The Kier molecular flexibility index (Phi) is 4.42. The molecule has 0 N–H and O–H groups in total. The summed E-state index contributed by atoms with van der Waals surface area (Å²) in [5.74, 6) is 0.146. The number of amides is 1. The second kappa shape index (κ2) is 6.66. The molecular weight excluding hydrogens is 282 g/mol. The van der Waals surface area contributed by atoms with Crippen molar-refractivity contribution in [3.05, 3.63) is 83.4 Å². The van der Waals surface area contributed by atoms with Crippen LogP contribution in [0.3, 0.4) is 0 Å². The molecule has 3 aromatic carbocycles. The third kappa shape index (κ3) is 3.42. The Morgan fingerprint density at radius 1 is 0.870 bits per heavy atom. The average molecular weight is 303 g/mol. The van der Waals surface area contributed by atoms with Gasteiger partial charge >= 0.3 is 0 Å². The van der Waals surface area contributed by atoms with Crippen LogP contribution in [0.15, 0.2) is 66.7 Å². The zero-order valence-corrected chi connectivity index (χ0v) is 13.6. The van der Waals surface area contributed by atoms with Gasteiger partial charge < -0.3 is 4.90 Å². The van der Waals surface area contributed by atoms with E-state index in [4.69, 9.17) is 0 Å². The minimum atomic E-state index is 0.146. The molecule has 23 heavy (non-hydrogen) atoms. The van der Waals surface area contributed by atoms with Crippen molar-refractivity contribution in [2.75, 3.05) is 7.05 Å². The molecular formula is C21H21NO. The average Bonchev–Trinajstić information content (AvgIpc) is 2.57. The van der Waals surface area contributed by atoms with Gasteiger partial charge in [-0.2, -0.15) is 0 Å². The predicted molar refractivity (Wildman–Crippen MR) is 95.3 cm³/mol. The van der Waals surface area contributed by atoms with Crippen LogP contribution in [0.25, 0.3) is 10.8 Å². The van der Waals surface area contributed by atoms with Crippen LogP contribution in [0.5, 0.6) is 0 Å². The topological polar surface area (TPSA) is 20.3 Å². The molecule has 116 valence electrons. The second-order valence-corrected chi connectivity index (χ2v) is 5.99. The van der Waals surface area contributed by atoms with Gasteiger partial charge in [-0.15, -0.1) is 0 Å². The molecule has 0 atom stereocenters. The highest BCUT2D eigenvalue weighted by Gasteiger charge is 2.12. The summed E-state index contributed by atoms with van der Waals surface area (Å²) >= 11 is 0. The first-order valence-electron chi connectivity index (χ1n) is 7.90. The van der Waals surface area contributed by atoms with Gasteiger partial charge in [0, 0.05) is 13.6 Å². The molecule has 3 aromatic rings. The van der Waals surface area contributed by atoms with Gasteiger partial charge in [-0.3, -0.25) is 4.79 Å². The van der Waals surface area contributed by atoms with Crippen molar-refractivity contribution in [2.24, 2.45) is 0 Å². The Morgan fingerprint density at radius 2 is 1.52 bits per heavy atom. The van der Waals surface area contributed by atoms with Crippen LogP contribution in [0, 0.1) is 6.92 Å². The molecule has 3 rings (SSSR count). The zero-order chi connectivity index (χ0) is 16.2. The third-order valence-corrected chi connectivity index (χ3v) is 4.32. The molecule has 0 aliphatic carbocycles. The second-order valence-electron chi connectivity index (χ2n) is 5.99. The Hall–Kier alpha value is -2.61. The van der Waals surface area contributed by atoms with Crippen LogP contribution >= 0.6 is 0 Å². The summed E-state index contributed by atoms with van der Waals surface area (Å²) in [5, 5.41) is 2.43. The Labute approximate surface area is 137 Å². The fourth-order valence-corrected chi connectivity index (χ4v) is 2.88. The van der Waals surface area contributed by atoms with Crippen molar-refractivity contribution in [2.45, 2.75) is 19.9 Å². The number of fused-ring (bicyclic) bond motifs is 1. The van der Waals surface area contributed by atoms with E-state index in [2.05, 4.69) is 30.3 Å². The summed E-state index contributed by atoms with van der Waals surface area (Å²) < 4.78 is 0. The molecule has 2 heteroatoms. The summed E-state index contributed by atoms with van der Waals surface area (Å²) in [7, 11) is 1.88. The van der Waals surface area contributed by atoms with Gasteiger partial charge in [0.15, 0.2) is 0 Å². The van der Waals surface area contributed by atoms with Crippen LogP contribution in [0.2, 0.25) is 0 Å². The van der Waals surface area contributed by atoms with Gasteiger partial charge in [0.2, 0.25) is 5.91 Å². The molecule has 0 spiro atoms. The quantitative estimate of drug-likeness (QED) is 0.701. The largest absolute Gasteiger partial charge is 0.341 e. The van der Waals surface area contributed by atoms with E-state index in [1.54, 1.807) is 0 Å². The van der Waals surface area contributed by atoms with Crippen molar-refractivity contribution < 1.29 is 4.79 Å². The normalized spacial score (nSPS) is 10.7. The van der Waals surface area contributed by atoms with Crippen molar-refractivity contribution in [3.8, 4) is 0 Å². The smallest absolute Gasteiger partial charge is 0.227 e. The first-order chi connectivity index (χ1) is 11.1. The first kappa shape index (κ1) is 15.3. The molecule has 0 saturated heterocycles. The Morgan fingerprint density at radius 3 is 2.35 bits per heavy atom. The maximum atomic E-state index is 12.5. The standard InChI is InChI=1S/C21H21NO/c1-16-8-3-4-10-18(16)14-21(23)22(2)15-19-12-7-11-17-9-5-6-13-20(17)19/h3-13H,14-15H2,1-2H3. The molecule has 0 unspecified atom stereocenters. The molecule has 1 amide bonds. The Balaban J connectivity index is 1.77. The van der Waals surface area contributed by atoms with E-state index in [9.17, 15) is 4.79 Å². The molecule has 0 fully saturated rings. The van der Waals surface area contributed by atoms with Crippen LogP contribution in [0.4, 0.5) is 0 Å². The number of aryl methyl sites for hydroxylation is 1. The van der Waals surface area contributed by atoms with Crippen LogP contribution in [0.1, 0.15) is 16.7 Å². The number of hydrogen-bond donors (Lipinski definition) is 0. The van der Waals surface area contributed by atoms with Gasteiger partial charge in [0.25, 0.3) is 0 Å². The lowest BCUT2D eigenvalue weighted by molar-refractivity contribution is -0.129. The van der Waals surface area contributed by atoms with E-state index in [0.717, 1.165) is 5.56 Å². The lowest BCUT2D eigenvalue weighted by atomic mass is 10.0. The van der Waals surface area contributed by atoms with E-state index in [0.29, 0.717) is 13.0 Å². The molecule has 0 bridgehead atoms. The minimum Gasteiger partial charge on any atom is -0.341 e. The van der Waals surface area contributed by atoms with Crippen molar-refractivity contribution in [1.82, 2.24) is 4.90 Å². The van der Waals surface area contributed by atoms with E-state index >= 15 is 0 Å². The number of likely N-dealkylation sites (N-methyl/N-ethyl adjacent to an activating group) is 1. The molecule has 2 nitrogen and oxygen atoms in total. The number of carbonyl (C=O) groups is 1. The van der Waals surface area contributed by atoms with Crippen LogP contribution < -0.4 is 0 Å². The number of benzene rings is 3. The fourth-order valence-electron chi connectivity index (χ4n) is 2.88. The monoisotopic (exact) mass is 303 g/mol. The van der Waals surface area contributed by atoms with Crippen LogP contribution in [-0.4, -0.2) is 17.9 Å². The van der Waals surface area contributed by atoms with E-state index in [-0.39, 0.29) is 5.91 Å². The molecule has 0 radical (unpaired) electrons. The fraction of sp³-hybridized carbons (Fsp3) is 0.190. The lowest BCUT2D eigenvalue weighted by Crippen LogP contribution is -2.28. The maximum absolute atomic E-state index is 12.5. The summed E-state index contributed by atoms with van der Waals surface area (Å²) in [4.78, 5) is 14.3. The summed E-state index contributed by atoms with van der Waals surface area (Å²) in [6.07, 6.45) is 0.452. The number of carbonyl (C=O) groups excluding carboxylic acids is 1. The van der Waals surface area contributed by atoms with Gasteiger partial charge in [-0.05, 0) is 34.4 Å². The third-order valence-electron chi connectivity index (χ3n) is 4.32. The van der Waals surface area contributed by atoms with Crippen molar-refractivity contribution in [3.63, 3.8) is 0 Å². The van der Waals surface area contributed by atoms with Gasteiger partial charge in [-0.1, -0.05) is 66.7 Å². The molecule has 0 aromatic heterocycles. The lowest BCUT2D eigenvalue weighted by Gasteiger charge is -2.19. The molecule has 0 saturated carbocycles. The number of rotatable bonds is 4. The highest BCUT2D eigenvalue weighted by Crippen LogP contribution is 2.20. The summed E-state index contributed by atoms with van der Waals surface area (Å²) in [5.41, 5.74) is 3.45.